The van der Waals surface area contributed by atoms with Gasteiger partial charge in [0.05, 0.1) is 30.3 Å². The Hall–Kier alpha value is -2.40. The summed E-state index contributed by atoms with van der Waals surface area (Å²) < 4.78 is 13.6. The Morgan fingerprint density at radius 2 is 2.40 bits per heavy atom. The van der Waals surface area contributed by atoms with Crippen LogP contribution < -0.4 is 5.73 Å². The zero-order valence-electron chi connectivity index (χ0n) is 14.2. The van der Waals surface area contributed by atoms with Crippen molar-refractivity contribution in [1.82, 2.24) is 14.5 Å². The predicted molar refractivity (Wildman–Crippen MR) is 94.7 cm³/mol. The molecule has 132 valence electrons. The van der Waals surface area contributed by atoms with Crippen LogP contribution in [-0.2, 0) is 9.47 Å². The SMILES string of the molecule is C=CCOC1CC(n2cc(C#CCC)c3c(N)ncnc32)OC1CO. The maximum atomic E-state index is 9.57. The molecule has 3 rings (SSSR count). The molecule has 3 heterocycles. The van der Waals surface area contributed by atoms with E-state index in [0.717, 1.165) is 17.4 Å². The van der Waals surface area contributed by atoms with Gasteiger partial charge in [0.2, 0.25) is 0 Å². The van der Waals surface area contributed by atoms with Gasteiger partial charge >= 0.3 is 0 Å². The molecule has 0 aliphatic carbocycles. The number of nitrogens with two attached hydrogens (primary N) is 1. The number of rotatable bonds is 5. The zero-order chi connectivity index (χ0) is 17.8. The smallest absolute Gasteiger partial charge is 0.148 e. The highest BCUT2D eigenvalue weighted by Gasteiger charge is 2.37. The molecular weight excluding hydrogens is 320 g/mol. The second kappa shape index (κ2) is 7.66. The highest BCUT2D eigenvalue weighted by atomic mass is 16.6. The molecule has 7 nitrogen and oxygen atoms in total. The molecule has 0 aromatic carbocycles. The van der Waals surface area contributed by atoms with Crippen LogP contribution in [0.15, 0.2) is 25.2 Å². The van der Waals surface area contributed by atoms with Crippen LogP contribution in [0.3, 0.4) is 0 Å². The maximum Gasteiger partial charge on any atom is 0.148 e. The van der Waals surface area contributed by atoms with Crippen LogP contribution >= 0.6 is 0 Å². The average molecular weight is 342 g/mol. The highest BCUT2D eigenvalue weighted by Crippen LogP contribution is 2.35. The van der Waals surface area contributed by atoms with Gasteiger partial charge in [0.25, 0.3) is 0 Å². The molecule has 1 aliphatic heterocycles. The second-order valence-corrected chi connectivity index (χ2v) is 5.77. The first-order chi connectivity index (χ1) is 12.2. The Morgan fingerprint density at radius 1 is 1.56 bits per heavy atom. The number of nitrogens with zero attached hydrogens (tertiary/aromatic N) is 3. The first-order valence-corrected chi connectivity index (χ1v) is 8.28. The minimum atomic E-state index is -0.397. The van der Waals surface area contributed by atoms with Crippen LogP contribution in [-0.4, -0.2) is 45.1 Å². The van der Waals surface area contributed by atoms with Crippen LogP contribution in [0.4, 0.5) is 5.82 Å². The van der Waals surface area contributed by atoms with Crippen molar-refractivity contribution >= 4 is 16.9 Å². The van der Waals surface area contributed by atoms with Crippen LogP contribution in [0, 0.1) is 11.8 Å². The summed E-state index contributed by atoms with van der Waals surface area (Å²) in [5, 5.41) is 10.3. The number of aliphatic hydroxyl groups is 1. The number of ether oxygens (including phenoxy) is 2. The van der Waals surface area contributed by atoms with Crippen molar-refractivity contribution in [3.63, 3.8) is 0 Å². The molecule has 3 N–H and O–H groups in total. The van der Waals surface area contributed by atoms with E-state index in [-0.39, 0.29) is 18.9 Å². The summed E-state index contributed by atoms with van der Waals surface area (Å²) in [6, 6.07) is 0. The second-order valence-electron chi connectivity index (χ2n) is 5.77. The van der Waals surface area contributed by atoms with Crippen molar-refractivity contribution in [3.8, 4) is 11.8 Å². The molecule has 25 heavy (non-hydrogen) atoms. The molecule has 0 saturated carbocycles. The van der Waals surface area contributed by atoms with Gasteiger partial charge in [0.1, 0.15) is 30.1 Å². The van der Waals surface area contributed by atoms with Crippen LogP contribution in [0.1, 0.15) is 31.6 Å². The Bertz CT molecular complexity index is 821. The van der Waals surface area contributed by atoms with E-state index in [9.17, 15) is 5.11 Å². The monoisotopic (exact) mass is 342 g/mol. The van der Waals surface area contributed by atoms with Crippen molar-refractivity contribution in [2.75, 3.05) is 18.9 Å². The highest BCUT2D eigenvalue weighted by molar-refractivity contribution is 5.92. The third kappa shape index (κ3) is 3.37. The average Bonchev–Trinajstić information content (AvgIpc) is 3.19. The molecule has 1 fully saturated rings. The van der Waals surface area contributed by atoms with Gasteiger partial charge in [-0.15, -0.1) is 6.58 Å². The molecule has 2 aromatic heterocycles. The van der Waals surface area contributed by atoms with Gasteiger partial charge in [-0.2, -0.15) is 0 Å². The Kier molecular flexibility index (Phi) is 5.34. The van der Waals surface area contributed by atoms with Crippen LogP contribution in [0.25, 0.3) is 11.0 Å². The lowest BCUT2D eigenvalue weighted by Crippen LogP contribution is -2.27. The molecular formula is C18H22N4O3. The van der Waals surface area contributed by atoms with E-state index in [1.807, 2.05) is 17.7 Å². The summed E-state index contributed by atoms with van der Waals surface area (Å²) in [5.74, 6) is 6.56. The minimum Gasteiger partial charge on any atom is -0.394 e. The Balaban J connectivity index is 1.99. The van der Waals surface area contributed by atoms with Crippen molar-refractivity contribution < 1.29 is 14.6 Å². The van der Waals surface area contributed by atoms with E-state index < -0.39 is 6.10 Å². The molecule has 3 atom stereocenters. The van der Waals surface area contributed by atoms with E-state index in [2.05, 4.69) is 28.4 Å². The molecule has 1 saturated heterocycles. The largest absolute Gasteiger partial charge is 0.394 e. The van der Waals surface area contributed by atoms with Gasteiger partial charge in [-0.05, 0) is 0 Å². The Morgan fingerprint density at radius 3 is 3.12 bits per heavy atom. The standard InChI is InChI=1S/C18H22N4O3/c1-3-5-6-12-9-22(18-16(12)17(19)20-11-21-18)15-8-13(24-7-4-2)14(10-23)25-15/h4,9,11,13-15,23H,2-3,7-8,10H2,1H3,(H2,19,20,21). The van der Waals surface area contributed by atoms with Gasteiger partial charge in [0.15, 0.2) is 0 Å². The van der Waals surface area contributed by atoms with E-state index in [1.165, 1.54) is 6.33 Å². The van der Waals surface area contributed by atoms with Gasteiger partial charge in [-0.1, -0.05) is 24.8 Å². The molecule has 3 unspecified atom stereocenters. The molecule has 1 aliphatic rings. The third-order valence-electron chi connectivity index (χ3n) is 4.14. The molecule has 0 spiro atoms. The minimum absolute atomic E-state index is 0.114. The first kappa shape index (κ1) is 17.4. The number of nitrogen functional groups attached to an aromatic ring is 1. The van der Waals surface area contributed by atoms with Gasteiger partial charge in [-0.25, -0.2) is 9.97 Å². The van der Waals surface area contributed by atoms with Crippen molar-refractivity contribution in [2.24, 2.45) is 0 Å². The summed E-state index contributed by atoms with van der Waals surface area (Å²) in [7, 11) is 0. The summed E-state index contributed by atoms with van der Waals surface area (Å²) in [4.78, 5) is 8.43. The van der Waals surface area contributed by atoms with Gasteiger partial charge < -0.3 is 24.9 Å². The quantitative estimate of drug-likeness (QED) is 0.633. The van der Waals surface area contributed by atoms with Crippen molar-refractivity contribution in [3.05, 3.63) is 30.7 Å². The molecule has 0 radical (unpaired) electrons. The topological polar surface area (TPSA) is 95.4 Å². The fourth-order valence-corrected chi connectivity index (χ4v) is 3.01. The van der Waals surface area contributed by atoms with Gasteiger partial charge in [0, 0.05) is 19.0 Å². The fraction of sp³-hybridized carbons (Fsp3) is 0.444. The van der Waals surface area contributed by atoms with E-state index in [4.69, 9.17) is 15.2 Å². The molecule has 7 heteroatoms. The van der Waals surface area contributed by atoms with E-state index in [0.29, 0.717) is 24.5 Å². The molecule has 0 amide bonds. The van der Waals surface area contributed by atoms with Crippen LogP contribution in [0.5, 0.6) is 0 Å². The lowest BCUT2D eigenvalue weighted by atomic mass is 10.2. The number of hydrogen-bond acceptors (Lipinski definition) is 6. The zero-order valence-corrected chi connectivity index (χ0v) is 14.2. The number of hydrogen-bond donors (Lipinski definition) is 2. The van der Waals surface area contributed by atoms with Gasteiger partial charge in [-0.3, -0.25) is 0 Å². The number of aromatic nitrogens is 3. The lowest BCUT2D eigenvalue weighted by molar-refractivity contribution is -0.0560. The molecule has 2 aromatic rings. The van der Waals surface area contributed by atoms with E-state index in [1.54, 1.807) is 6.08 Å². The summed E-state index contributed by atoms with van der Waals surface area (Å²) >= 11 is 0. The number of anilines is 1. The maximum absolute atomic E-state index is 9.57. The van der Waals surface area contributed by atoms with E-state index >= 15 is 0 Å². The number of aliphatic hydroxyl groups excluding tert-OH is 1. The summed E-state index contributed by atoms with van der Waals surface area (Å²) in [5.41, 5.74) is 7.48. The predicted octanol–water partition coefficient (Wildman–Crippen LogP) is 1.63. The summed E-state index contributed by atoms with van der Waals surface area (Å²) in [6.45, 7) is 5.93. The third-order valence-corrected chi connectivity index (χ3v) is 4.14. The lowest BCUT2D eigenvalue weighted by Gasteiger charge is -2.15. The molecule has 0 bridgehead atoms. The fourth-order valence-electron chi connectivity index (χ4n) is 3.01. The Labute approximate surface area is 146 Å². The van der Waals surface area contributed by atoms with Crippen molar-refractivity contribution in [1.29, 1.82) is 0 Å². The van der Waals surface area contributed by atoms with Crippen molar-refractivity contribution in [2.45, 2.75) is 38.2 Å². The number of fused-ring (bicyclic) bond motifs is 1. The summed E-state index contributed by atoms with van der Waals surface area (Å²) in [6.07, 6.45) is 5.39. The van der Waals surface area contributed by atoms with Crippen LogP contribution in [0.2, 0.25) is 0 Å². The first-order valence-electron chi connectivity index (χ1n) is 8.28. The normalized spacial score (nSPS) is 22.7.